The zero-order chi connectivity index (χ0) is 17.3. The second-order valence-corrected chi connectivity index (χ2v) is 7.60. The molecule has 1 heterocycles. The SMILES string of the molecule is Cc1ccc2cccnc2c1NC(=O)c1ccc(S(C)(=O)=O)cc1. The molecule has 1 aromatic heterocycles. The van der Waals surface area contributed by atoms with Crippen molar-refractivity contribution in [3.63, 3.8) is 0 Å². The molecule has 6 heteroatoms. The van der Waals surface area contributed by atoms with Crippen LogP contribution in [0.15, 0.2) is 59.6 Å². The molecule has 122 valence electrons. The Bertz CT molecular complexity index is 1030. The lowest BCUT2D eigenvalue weighted by Gasteiger charge is -2.11. The third kappa shape index (κ3) is 3.14. The summed E-state index contributed by atoms with van der Waals surface area (Å²) < 4.78 is 23.0. The number of aryl methyl sites for hydroxylation is 1. The number of aromatic nitrogens is 1. The lowest BCUT2D eigenvalue weighted by Crippen LogP contribution is -2.13. The normalized spacial score (nSPS) is 11.4. The molecular formula is C18H16N2O3S. The van der Waals surface area contributed by atoms with Gasteiger partial charge in [0, 0.05) is 23.4 Å². The fraction of sp³-hybridized carbons (Fsp3) is 0.111. The third-order valence-electron chi connectivity index (χ3n) is 3.77. The Morgan fingerprint density at radius 2 is 1.75 bits per heavy atom. The molecule has 24 heavy (non-hydrogen) atoms. The fourth-order valence-electron chi connectivity index (χ4n) is 2.44. The van der Waals surface area contributed by atoms with Crippen LogP contribution in [0, 0.1) is 6.92 Å². The summed E-state index contributed by atoms with van der Waals surface area (Å²) in [5.41, 5.74) is 2.67. The fourth-order valence-corrected chi connectivity index (χ4v) is 3.07. The van der Waals surface area contributed by atoms with Crippen molar-refractivity contribution in [2.45, 2.75) is 11.8 Å². The summed E-state index contributed by atoms with van der Waals surface area (Å²) in [6, 6.07) is 13.5. The van der Waals surface area contributed by atoms with Gasteiger partial charge in [-0.2, -0.15) is 0 Å². The summed E-state index contributed by atoms with van der Waals surface area (Å²) in [7, 11) is -3.28. The van der Waals surface area contributed by atoms with E-state index < -0.39 is 9.84 Å². The van der Waals surface area contributed by atoms with E-state index >= 15 is 0 Å². The molecule has 0 radical (unpaired) electrons. The Morgan fingerprint density at radius 3 is 2.42 bits per heavy atom. The predicted octanol–water partition coefficient (Wildman–Crippen LogP) is 3.20. The first-order valence-electron chi connectivity index (χ1n) is 7.32. The van der Waals surface area contributed by atoms with Crippen LogP contribution < -0.4 is 5.32 Å². The first kappa shape index (κ1) is 16.1. The van der Waals surface area contributed by atoms with Crippen molar-refractivity contribution in [3.05, 3.63) is 65.9 Å². The molecule has 0 bridgehead atoms. The Kier molecular flexibility index (Phi) is 4.07. The number of fused-ring (bicyclic) bond motifs is 1. The lowest BCUT2D eigenvalue weighted by atomic mass is 10.1. The van der Waals surface area contributed by atoms with Gasteiger partial charge in [-0.25, -0.2) is 8.42 Å². The van der Waals surface area contributed by atoms with Gasteiger partial charge in [-0.3, -0.25) is 9.78 Å². The molecule has 0 saturated carbocycles. The molecule has 3 aromatic rings. The minimum atomic E-state index is -3.28. The number of carbonyl (C=O) groups is 1. The monoisotopic (exact) mass is 340 g/mol. The number of hydrogen-bond acceptors (Lipinski definition) is 4. The molecule has 3 rings (SSSR count). The molecule has 0 fully saturated rings. The summed E-state index contributed by atoms with van der Waals surface area (Å²) in [5, 5.41) is 3.81. The van der Waals surface area contributed by atoms with E-state index in [1.807, 2.05) is 31.2 Å². The summed E-state index contributed by atoms with van der Waals surface area (Å²) in [6.07, 6.45) is 2.81. The zero-order valence-corrected chi connectivity index (χ0v) is 14.1. The van der Waals surface area contributed by atoms with Crippen LogP contribution in [0.2, 0.25) is 0 Å². The van der Waals surface area contributed by atoms with E-state index in [4.69, 9.17) is 0 Å². The minimum absolute atomic E-state index is 0.182. The van der Waals surface area contributed by atoms with Gasteiger partial charge in [0.05, 0.1) is 16.1 Å². The van der Waals surface area contributed by atoms with Crippen LogP contribution in [-0.4, -0.2) is 25.6 Å². The van der Waals surface area contributed by atoms with Gasteiger partial charge >= 0.3 is 0 Å². The van der Waals surface area contributed by atoms with Crippen LogP contribution in [0.25, 0.3) is 10.9 Å². The van der Waals surface area contributed by atoms with Gasteiger partial charge in [0.2, 0.25) is 0 Å². The van der Waals surface area contributed by atoms with Crippen molar-refractivity contribution in [1.82, 2.24) is 4.98 Å². The number of rotatable bonds is 3. The van der Waals surface area contributed by atoms with Gasteiger partial charge in [-0.15, -0.1) is 0 Å². The van der Waals surface area contributed by atoms with E-state index in [1.165, 1.54) is 24.3 Å². The number of anilines is 1. The first-order valence-corrected chi connectivity index (χ1v) is 9.21. The van der Waals surface area contributed by atoms with Gasteiger partial charge in [-0.05, 0) is 42.8 Å². The maximum Gasteiger partial charge on any atom is 0.255 e. The van der Waals surface area contributed by atoms with Crippen molar-refractivity contribution >= 4 is 32.3 Å². The molecule has 5 nitrogen and oxygen atoms in total. The van der Waals surface area contributed by atoms with Gasteiger partial charge in [0.25, 0.3) is 5.91 Å². The molecule has 2 aromatic carbocycles. The highest BCUT2D eigenvalue weighted by Crippen LogP contribution is 2.25. The summed E-state index contributed by atoms with van der Waals surface area (Å²) in [4.78, 5) is 17.0. The second kappa shape index (κ2) is 6.05. The van der Waals surface area contributed by atoms with E-state index in [0.29, 0.717) is 11.3 Å². The van der Waals surface area contributed by atoms with E-state index in [1.54, 1.807) is 6.20 Å². The average Bonchev–Trinajstić information content (AvgIpc) is 2.56. The third-order valence-corrected chi connectivity index (χ3v) is 4.89. The molecule has 0 aliphatic carbocycles. The molecule has 1 amide bonds. The van der Waals surface area contributed by atoms with Crippen molar-refractivity contribution < 1.29 is 13.2 Å². The predicted molar refractivity (Wildman–Crippen MR) is 94.0 cm³/mol. The largest absolute Gasteiger partial charge is 0.320 e. The van der Waals surface area contributed by atoms with E-state index in [0.717, 1.165) is 22.7 Å². The van der Waals surface area contributed by atoms with Crippen molar-refractivity contribution in [2.75, 3.05) is 11.6 Å². The molecule has 0 aliphatic heterocycles. The van der Waals surface area contributed by atoms with Crippen molar-refractivity contribution in [3.8, 4) is 0 Å². The van der Waals surface area contributed by atoms with E-state index in [-0.39, 0.29) is 10.8 Å². The zero-order valence-electron chi connectivity index (χ0n) is 13.3. The summed E-state index contributed by atoms with van der Waals surface area (Å²) >= 11 is 0. The molecule has 0 unspecified atom stereocenters. The van der Waals surface area contributed by atoms with Crippen LogP contribution >= 0.6 is 0 Å². The quantitative estimate of drug-likeness (QED) is 0.794. The minimum Gasteiger partial charge on any atom is -0.320 e. The van der Waals surface area contributed by atoms with Crippen molar-refractivity contribution in [2.24, 2.45) is 0 Å². The van der Waals surface area contributed by atoms with Crippen LogP contribution in [-0.2, 0) is 9.84 Å². The molecular weight excluding hydrogens is 324 g/mol. The summed E-state index contributed by atoms with van der Waals surface area (Å²) in [5.74, 6) is -0.309. The highest BCUT2D eigenvalue weighted by Gasteiger charge is 2.13. The van der Waals surface area contributed by atoms with Gasteiger partial charge < -0.3 is 5.32 Å². The molecule has 1 N–H and O–H groups in total. The molecule has 0 aliphatic rings. The van der Waals surface area contributed by atoms with Gasteiger partial charge in [0.15, 0.2) is 9.84 Å². The first-order chi connectivity index (χ1) is 11.4. The number of sulfone groups is 1. The average molecular weight is 340 g/mol. The highest BCUT2D eigenvalue weighted by atomic mass is 32.2. The van der Waals surface area contributed by atoms with E-state index in [9.17, 15) is 13.2 Å². The number of hydrogen-bond donors (Lipinski definition) is 1. The molecule has 0 spiro atoms. The molecule has 0 atom stereocenters. The maximum atomic E-state index is 12.5. The van der Waals surface area contributed by atoms with E-state index in [2.05, 4.69) is 10.3 Å². The Labute approximate surface area is 140 Å². The Hall–Kier alpha value is -2.73. The smallest absolute Gasteiger partial charge is 0.255 e. The number of nitrogens with one attached hydrogen (secondary N) is 1. The lowest BCUT2D eigenvalue weighted by molar-refractivity contribution is 0.102. The van der Waals surface area contributed by atoms with Gasteiger partial charge in [0.1, 0.15) is 0 Å². The number of nitrogens with zero attached hydrogens (tertiary/aromatic N) is 1. The van der Waals surface area contributed by atoms with Crippen LogP contribution in [0.1, 0.15) is 15.9 Å². The standard InChI is InChI=1S/C18H16N2O3S/c1-12-5-6-13-4-3-11-19-17(13)16(12)20-18(21)14-7-9-15(10-8-14)24(2,22)23/h3-11H,1-2H3,(H,20,21). The van der Waals surface area contributed by atoms with Crippen LogP contribution in [0.3, 0.4) is 0 Å². The Balaban J connectivity index is 1.94. The number of amides is 1. The number of carbonyl (C=O) groups excluding carboxylic acids is 1. The maximum absolute atomic E-state index is 12.5. The van der Waals surface area contributed by atoms with Crippen LogP contribution in [0.4, 0.5) is 5.69 Å². The Morgan fingerprint density at radius 1 is 1.04 bits per heavy atom. The number of benzene rings is 2. The summed E-state index contributed by atoms with van der Waals surface area (Å²) in [6.45, 7) is 1.90. The van der Waals surface area contributed by atoms with Crippen LogP contribution in [0.5, 0.6) is 0 Å². The van der Waals surface area contributed by atoms with Gasteiger partial charge in [-0.1, -0.05) is 18.2 Å². The number of pyridine rings is 1. The van der Waals surface area contributed by atoms with Crippen molar-refractivity contribution in [1.29, 1.82) is 0 Å². The highest BCUT2D eigenvalue weighted by molar-refractivity contribution is 7.90. The topological polar surface area (TPSA) is 76.1 Å². The molecule has 0 saturated heterocycles. The second-order valence-electron chi connectivity index (χ2n) is 5.58.